The number of anilines is 1. The number of amides is 2. The van der Waals surface area contributed by atoms with Gasteiger partial charge in [-0.05, 0) is 38.8 Å². The molecule has 2 amide bonds. The molecule has 0 bridgehead atoms. The smallest absolute Gasteiger partial charge is 0.249 e. The molecule has 1 N–H and O–H groups in total. The first kappa shape index (κ1) is 16.7. The Labute approximate surface area is 142 Å². The van der Waals surface area contributed by atoms with Crippen LogP contribution in [-0.4, -0.2) is 36.6 Å². The van der Waals surface area contributed by atoms with Crippen LogP contribution in [0.25, 0.3) is 0 Å². The average molecular weight is 328 g/mol. The number of carbonyl (C=O) groups excluding carboxylic acids is 2. The first-order chi connectivity index (χ1) is 11.5. The SMILES string of the molecule is C=C(C)[C@H]1OCC[C@H]1C(=O)N[C@H]1C[C@H](C)N(c2ccccc2)C1=O. The van der Waals surface area contributed by atoms with Crippen LogP contribution in [-0.2, 0) is 14.3 Å². The van der Waals surface area contributed by atoms with Crippen molar-refractivity contribution in [3.8, 4) is 0 Å². The lowest BCUT2D eigenvalue weighted by molar-refractivity contribution is -0.130. The van der Waals surface area contributed by atoms with Gasteiger partial charge in [-0.2, -0.15) is 0 Å². The normalized spacial score (nSPS) is 29.8. The van der Waals surface area contributed by atoms with E-state index in [1.807, 2.05) is 44.2 Å². The lowest BCUT2D eigenvalue weighted by atomic mass is 9.95. The van der Waals surface area contributed by atoms with E-state index in [2.05, 4.69) is 11.9 Å². The van der Waals surface area contributed by atoms with E-state index in [9.17, 15) is 9.59 Å². The van der Waals surface area contributed by atoms with E-state index in [0.29, 0.717) is 19.4 Å². The van der Waals surface area contributed by atoms with E-state index >= 15 is 0 Å². The van der Waals surface area contributed by atoms with Crippen LogP contribution in [0.2, 0.25) is 0 Å². The fraction of sp³-hybridized carbons (Fsp3) is 0.474. The number of nitrogens with zero attached hydrogens (tertiary/aromatic N) is 1. The second-order valence-electron chi connectivity index (χ2n) is 6.72. The van der Waals surface area contributed by atoms with Crippen molar-refractivity contribution in [1.29, 1.82) is 0 Å². The molecule has 2 aliphatic heterocycles. The van der Waals surface area contributed by atoms with Gasteiger partial charge in [-0.15, -0.1) is 0 Å². The van der Waals surface area contributed by atoms with Crippen molar-refractivity contribution in [3.63, 3.8) is 0 Å². The van der Waals surface area contributed by atoms with Crippen molar-refractivity contribution >= 4 is 17.5 Å². The van der Waals surface area contributed by atoms with Crippen LogP contribution >= 0.6 is 0 Å². The largest absolute Gasteiger partial charge is 0.373 e. The van der Waals surface area contributed by atoms with Crippen LogP contribution in [0.4, 0.5) is 5.69 Å². The lowest BCUT2D eigenvalue weighted by Gasteiger charge is -2.22. The Bertz CT molecular complexity index is 643. The maximum Gasteiger partial charge on any atom is 0.249 e. The molecule has 0 radical (unpaired) electrons. The van der Waals surface area contributed by atoms with Crippen molar-refractivity contribution in [2.45, 2.75) is 44.9 Å². The van der Waals surface area contributed by atoms with E-state index < -0.39 is 6.04 Å². The van der Waals surface area contributed by atoms with Crippen LogP contribution in [0.1, 0.15) is 26.7 Å². The van der Waals surface area contributed by atoms with Gasteiger partial charge in [-0.25, -0.2) is 0 Å². The molecule has 2 fully saturated rings. The van der Waals surface area contributed by atoms with E-state index in [-0.39, 0.29) is 29.9 Å². The zero-order valence-corrected chi connectivity index (χ0v) is 14.2. The molecule has 1 aromatic rings. The molecule has 0 aliphatic carbocycles. The van der Waals surface area contributed by atoms with Gasteiger partial charge in [0.25, 0.3) is 0 Å². The van der Waals surface area contributed by atoms with Crippen molar-refractivity contribution in [1.82, 2.24) is 5.32 Å². The van der Waals surface area contributed by atoms with E-state index in [0.717, 1.165) is 11.3 Å². The summed E-state index contributed by atoms with van der Waals surface area (Å²) in [6.45, 7) is 8.33. The molecular weight excluding hydrogens is 304 g/mol. The molecule has 2 saturated heterocycles. The fourth-order valence-electron chi connectivity index (χ4n) is 3.65. The minimum Gasteiger partial charge on any atom is -0.373 e. The van der Waals surface area contributed by atoms with Gasteiger partial charge < -0.3 is 15.0 Å². The lowest BCUT2D eigenvalue weighted by Crippen LogP contribution is -2.45. The topological polar surface area (TPSA) is 58.6 Å². The van der Waals surface area contributed by atoms with Crippen LogP contribution in [0.3, 0.4) is 0 Å². The summed E-state index contributed by atoms with van der Waals surface area (Å²) in [6, 6.07) is 9.16. The van der Waals surface area contributed by atoms with E-state index in [1.54, 1.807) is 4.90 Å². The van der Waals surface area contributed by atoms with Gasteiger partial charge in [-0.1, -0.05) is 30.4 Å². The molecule has 0 saturated carbocycles. The summed E-state index contributed by atoms with van der Waals surface area (Å²) in [5.74, 6) is -0.412. The number of ether oxygens (including phenoxy) is 1. The zero-order chi connectivity index (χ0) is 17.3. The Morgan fingerprint density at radius 2 is 2.04 bits per heavy atom. The molecule has 128 valence electrons. The number of carbonyl (C=O) groups is 2. The minimum atomic E-state index is -0.473. The number of hydrogen-bond acceptors (Lipinski definition) is 3. The Balaban J connectivity index is 1.69. The van der Waals surface area contributed by atoms with Gasteiger partial charge in [-0.3, -0.25) is 9.59 Å². The Kier molecular flexibility index (Phi) is 4.71. The molecule has 5 heteroatoms. The summed E-state index contributed by atoms with van der Waals surface area (Å²) >= 11 is 0. The molecule has 5 nitrogen and oxygen atoms in total. The van der Waals surface area contributed by atoms with Crippen LogP contribution < -0.4 is 10.2 Å². The summed E-state index contributed by atoms with van der Waals surface area (Å²) in [5.41, 5.74) is 1.72. The highest BCUT2D eigenvalue weighted by Crippen LogP contribution is 2.29. The average Bonchev–Trinajstić information content (AvgIpc) is 3.14. The van der Waals surface area contributed by atoms with Gasteiger partial charge in [0, 0.05) is 18.3 Å². The van der Waals surface area contributed by atoms with Gasteiger partial charge in [0.2, 0.25) is 11.8 Å². The molecule has 2 heterocycles. The van der Waals surface area contributed by atoms with E-state index in [4.69, 9.17) is 4.74 Å². The van der Waals surface area contributed by atoms with Gasteiger partial charge in [0.05, 0.1) is 12.0 Å². The highest BCUT2D eigenvalue weighted by atomic mass is 16.5. The summed E-state index contributed by atoms with van der Waals surface area (Å²) < 4.78 is 5.60. The molecule has 3 rings (SSSR count). The van der Waals surface area contributed by atoms with Crippen LogP contribution in [0, 0.1) is 5.92 Å². The monoisotopic (exact) mass is 328 g/mol. The number of rotatable bonds is 4. The molecular formula is C19H24N2O3. The molecule has 2 aliphatic rings. The predicted octanol–water partition coefficient (Wildman–Crippen LogP) is 2.28. The zero-order valence-electron chi connectivity index (χ0n) is 14.2. The Morgan fingerprint density at radius 1 is 1.33 bits per heavy atom. The highest BCUT2D eigenvalue weighted by molar-refractivity contribution is 6.02. The third-order valence-electron chi connectivity index (χ3n) is 4.82. The fourth-order valence-corrected chi connectivity index (χ4v) is 3.65. The maximum absolute atomic E-state index is 12.7. The first-order valence-corrected chi connectivity index (χ1v) is 8.44. The molecule has 24 heavy (non-hydrogen) atoms. The summed E-state index contributed by atoms with van der Waals surface area (Å²) in [4.78, 5) is 27.1. The summed E-state index contributed by atoms with van der Waals surface area (Å²) in [7, 11) is 0. The predicted molar refractivity (Wildman–Crippen MR) is 92.6 cm³/mol. The molecule has 0 spiro atoms. The van der Waals surface area contributed by atoms with Gasteiger partial charge in [0.1, 0.15) is 6.04 Å². The van der Waals surface area contributed by atoms with Crippen molar-refractivity contribution in [3.05, 3.63) is 42.5 Å². The maximum atomic E-state index is 12.7. The number of benzene rings is 1. The molecule has 0 unspecified atom stereocenters. The summed E-state index contributed by atoms with van der Waals surface area (Å²) in [5, 5.41) is 2.93. The third-order valence-corrected chi connectivity index (χ3v) is 4.82. The molecule has 1 aromatic carbocycles. The highest BCUT2D eigenvalue weighted by Gasteiger charge is 2.41. The Morgan fingerprint density at radius 3 is 2.71 bits per heavy atom. The van der Waals surface area contributed by atoms with Crippen molar-refractivity contribution in [2.24, 2.45) is 5.92 Å². The first-order valence-electron chi connectivity index (χ1n) is 8.44. The standard InChI is InChI=1S/C19H24N2O3/c1-12(2)17-15(9-10-24-17)18(22)20-16-11-13(3)21(19(16)23)14-7-5-4-6-8-14/h4-8,13,15-17H,1,9-11H2,2-3H3,(H,20,22)/t13-,15+,16-,17+/m0/s1. The minimum absolute atomic E-state index is 0.0483. The second-order valence-corrected chi connectivity index (χ2v) is 6.72. The quantitative estimate of drug-likeness (QED) is 0.863. The Hall–Kier alpha value is -2.14. The van der Waals surface area contributed by atoms with Gasteiger partial charge in [0.15, 0.2) is 0 Å². The molecule has 4 atom stereocenters. The number of nitrogens with one attached hydrogen (secondary N) is 1. The van der Waals surface area contributed by atoms with Gasteiger partial charge >= 0.3 is 0 Å². The van der Waals surface area contributed by atoms with E-state index in [1.165, 1.54) is 0 Å². The van der Waals surface area contributed by atoms with Crippen LogP contribution in [0.5, 0.6) is 0 Å². The molecule has 0 aromatic heterocycles. The van der Waals surface area contributed by atoms with Crippen LogP contribution in [0.15, 0.2) is 42.5 Å². The van der Waals surface area contributed by atoms with Crippen molar-refractivity contribution < 1.29 is 14.3 Å². The van der Waals surface area contributed by atoms with Crippen molar-refractivity contribution in [2.75, 3.05) is 11.5 Å². The third kappa shape index (κ3) is 3.08. The second kappa shape index (κ2) is 6.77. The summed E-state index contributed by atoms with van der Waals surface area (Å²) in [6.07, 6.45) is 1.04. The number of para-hydroxylation sites is 1. The number of hydrogen-bond donors (Lipinski definition) is 1.